The molecule has 1 aliphatic carbocycles. The molecule has 1 saturated heterocycles. The number of carbonyl (C=O) groups is 2. The van der Waals surface area contributed by atoms with Crippen LogP contribution in [0.2, 0.25) is 0 Å². The van der Waals surface area contributed by atoms with Crippen molar-refractivity contribution in [2.75, 3.05) is 33.4 Å². The van der Waals surface area contributed by atoms with Gasteiger partial charge in [-0.1, -0.05) is 24.3 Å². The average molecular weight is 457 g/mol. The van der Waals surface area contributed by atoms with Crippen LogP contribution in [0.3, 0.4) is 0 Å². The van der Waals surface area contributed by atoms with Crippen molar-refractivity contribution in [3.8, 4) is 5.75 Å². The van der Waals surface area contributed by atoms with Crippen LogP contribution in [0.25, 0.3) is 0 Å². The molecule has 1 aliphatic heterocycles. The molecule has 7 nitrogen and oxygen atoms in total. The van der Waals surface area contributed by atoms with Crippen molar-refractivity contribution in [3.05, 3.63) is 65.5 Å². The summed E-state index contributed by atoms with van der Waals surface area (Å²) in [5, 5.41) is 12.3. The molecule has 176 valence electrons. The summed E-state index contributed by atoms with van der Waals surface area (Å²) in [7, 11) is 1.92. The number of aromatic carboxylic acids is 1. The standard InChI is InChI=1S/C25H29FN2O5/c1-28(13-16-33-19-5-3-2-4-6-19)25(11-14-32-15-12-25)23(31)27-24(9-10-24)18-7-8-20(22(29)30)21(26)17-18/h2-8,17H,9-16H2,1H3,(H,27,31)(H,29,30). The summed E-state index contributed by atoms with van der Waals surface area (Å²) in [5.74, 6) is -1.45. The van der Waals surface area contributed by atoms with Crippen LogP contribution in [-0.2, 0) is 15.1 Å². The van der Waals surface area contributed by atoms with E-state index < -0.39 is 22.9 Å². The molecule has 2 fully saturated rings. The third-order valence-corrected chi connectivity index (χ3v) is 6.77. The van der Waals surface area contributed by atoms with E-state index in [0.717, 1.165) is 5.75 Å². The van der Waals surface area contributed by atoms with Gasteiger partial charge in [0, 0.05) is 19.8 Å². The van der Waals surface area contributed by atoms with Crippen LogP contribution in [0.1, 0.15) is 41.6 Å². The molecule has 1 heterocycles. The van der Waals surface area contributed by atoms with E-state index in [-0.39, 0.29) is 11.5 Å². The van der Waals surface area contributed by atoms with Crippen molar-refractivity contribution in [2.45, 2.75) is 36.8 Å². The highest BCUT2D eigenvalue weighted by atomic mass is 19.1. The molecule has 1 saturated carbocycles. The van der Waals surface area contributed by atoms with Crippen LogP contribution in [0.4, 0.5) is 4.39 Å². The lowest BCUT2D eigenvalue weighted by Crippen LogP contribution is -2.62. The van der Waals surface area contributed by atoms with Gasteiger partial charge in [-0.25, -0.2) is 9.18 Å². The molecule has 33 heavy (non-hydrogen) atoms. The van der Waals surface area contributed by atoms with Gasteiger partial charge in [0.15, 0.2) is 0 Å². The fourth-order valence-corrected chi connectivity index (χ4v) is 4.45. The zero-order valence-electron chi connectivity index (χ0n) is 18.7. The number of nitrogens with zero attached hydrogens (tertiary/aromatic N) is 1. The highest BCUT2D eigenvalue weighted by Gasteiger charge is 2.51. The van der Waals surface area contributed by atoms with Crippen LogP contribution < -0.4 is 10.1 Å². The highest BCUT2D eigenvalue weighted by molar-refractivity contribution is 5.89. The first-order valence-corrected chi connectivity index (χ1v) is 11.2. The first-order chi connectivity index (χ1) is 15.9. The highest BCUT2D eigenvalue weighted by Crippen LogP contribution is 2.46. The summed E-state index contributed by atoms with van der Waals surface area (Å²) in [6, 6.07) is 13.6. The van der Waals surface area contributed by atoms with Gasteiger partial charge in [0.25, 0.3) is 0 Å². The second-order valence-electron chi connectivity index (χ2n) is 8.76. The largest absolute Gasteiger partial charge is 0.492 e. The van der Waals surface area contributed by atoms with Crippen molar-refractivity contribution in [1.82, 2.24) is 10.2 Å². The van der Waals surface area contributed by atoms with E-state index in [9.17, 15) is 14.0 Å². The van der Waals surface area contributed by atoms with Crippen molar-refractivity contribution in [2.24, 2.45) is 0 Å². The van der Waals surface area contributed by atoms with E-state index in [1.807, 2.05) is 42.3 Å². The normalized spacial score (nSPS) is 18.5. The molecule has 2 aromatic carbocycles. The Morgan fingerprint density at radius 3 is 2.42 bits per heavy atom. The van der Waals surface area contributed by atoms with E-state index in [0.29, 0.717) is 57.6 Å². The predicted octanol–water partition coefficient (Wildman–Crippen LogP) is 3.19. The topological polar surface area (TPSA) is 88.1 Å². The number of carbonyl (C=O) groups excluding carboxylic acids is 1. The maximum atomic E-state index is 14.3. The Labute approximate surface area is 192 Å². The summed E-state index contributed by atoms with van der Waals surface area (Å²) in [6.45, 7) is 1.94. The number of carboxylic acid groups (broad SMARTS) is 1. The fourth-order valence-electron chi connectivity index (χ4n) is 4.45. The molecule has 0 atom stereocenters. The number of ether oxygens (including phenoxy) is 2. The van der Waals surface area contributed by atoms with E-state index in [1.165, 1.54) is 12.1 Å². The summed E-state index contributed by atoms with van der Waals surface area (Å²) in [6.07, 6.45) is 2.45. The molecule has 0 bridgehead atoms. The molecule has 0 radical (unpaired) electrons. The van der Waals surface area contributed by atoms with Crippen molar-refractivity contribution in [1.29, 1.82) is 0 Å². The molecule has 0 aromatic heterocycles. The van der Waals surface area contributed by atoms with Crippen LogP contribution in [0.15, 0.2) is 48.5 Å². The Balaban J connectivity index is 1.47. The molecule has 4 rings (SSSR count). The number of halogens is 1. The Bertz CT molecular complexity index is 1000. The Kier molecular flexibility index (Phi) is 6.67. The molecule has 2 aliphatic rings. The van der Waals surface area contributed by atoms with Crippen molar-refractivity contribution in [3.63, 3.8) is 0 Å². The smallest absolute Gasteiger partial charge is 0.338 e. The van der Waals surface area contributed by atoms with Crippen LogP contribution >= 0.6 is 0 Å². The average Bonchev–Trinajstić information content (AvgIpc) is 3.60. The minimum Gasteiger partial charge on any atom is -0.492 e. The van der Waals surface area contributed by atoms with E-state index in [1.54, 1.807) is 6.07 Å². The zero-order valence-corrected chi connectivity index (χ0v) is 18.7. The Morgan fingerprint density at radius 2 is 1.82 bits per heavy atom. The molecule has 1 amide bonds. The number of carboxylic acids is 1. The number of amides is 1. The number of rotatable bonds is 9. The number of hydrogen-bond acceptors (Lipinski definition) is 5. The van der Waals surface area contributed by atoms with Gasteiger partial charge in [0.2, 0.25) is 5.91 Å². The maximum absolute atomic E-state index is 14.3. The first-order valence-electron chi connectivity index (χ1n) is 11.2. The van der Waals surface area contributed by atoms with E-state index in [4.69, 9.17) is 14.6 Å². The van der Waals surface area contributed by atoms with Gasteiger partial charge in [-0.05, 0) is 62.6 Å². The van der Waals surface area contributed by atoms with Crippen molar-refractivity contribution >= 4 is 11.9 Å². The molecule has 0 unspecified atom stereocenters. The van der Waals surface area contributed by atoms with Gasteiger partial charge in [0.1, 0.15) is 23.7 Å². The van der Waals surface area contributed by atoms with Crippen LogP contribution in [-0.4, -0.2) is 60.8 Å². The van der Waals surface area contributed by atoms with Gasteiger partial charge >= 0.3 is 5.97 Å². The lowest BCUT2D eigenvalue weighted by molar-refractivity contribution is -0.140. The van der Waals surface area contributed by atoms with E-state index in [2.05, 4.69) is 5.32 Å². The van der Waals surface area contributed by atoms with Gasteiger partial charge in [-0.15, -0.1) is 0 Å². The molecule has 2 aromatic rings. The minimum absolute atomic E-state index is 0.117. The lowest BCUT2D eigenvalue weighted by Gasteiger charge is -2.43. The summed E-state index contributed by atoms with van der Waals surface area (Å²) in [4.78, 5) is 26.8. The summed E-state index contributed by atoms with van der Waals surface area (Å²) >= 11 is 0. The monoisotopic (exact) mass is 456 g/mol. The van der Waals surface area contributed by atoms with Gasteiger partial charge in [-0.3, -0.25) is 9.69 Å². The third-order valence-electron chi connectivity index (χ3n) is 6.77. The molecular weight excluding hydrogens is 427 g/mol. The second-order valence-corrected chi connectivity index (χ2v) is 8.76. The Morgan fingerprint density at radius 1 is 1.12 bits per heavy atom. The molecular formula is C25H29FN2O5. The number of benzene rings is 2. The molecule has 2 N–H and O–H groups in total. The lowest BCUT2D eigenvalue weighted by atomic mass is 9.86. The summed E-state index contributed by atoms with van der Waals surface area (Å²) < 4.78 is 25.7. The maximum Gasteiger partial charge on any atom is 0.338 e. The SMILES string of the molecule is CN(CCOc1ccccc1)C1(C(=O)NC2(c3ccc(C(=O)O)c(F)c3)CC2)CCOCC1. The quantitative estimate of drug-likeness (QED) is 0.603. The van der Waals surface area contributed by atoms with Gasteiger partial charge < -0.3 is 19.9 Å². The van der Waals surface area contributed by atoms with Gasteiger partial charge in [0.05, 0.1) is 11.1 Å². The van der Waals surface area contributed by atoms with Gasteiger partial charge in [-0.2, -0.15) is 0 Å². The number of likely N-dealkylation sites (N-methyl/N-ethyl adjacent to an activating group) is 1. The first kappa shape index (κ1) is 23.2. The minimum atomic E-state index is -1.31. The predicted molar refractivity (Wildman–Crippen MR) is 120 cm³/mol. The van der Waals surface area contributed by atoms with Crippen LogP contribution in [0.5, 0.6) is 5.75 Å². The zero-order chi connectivity index (χ0) is 23.5. The van der Waals surface area contributed by atoms with Crippen molar-refractivity contribution < 1.29 is 28.6 Å². The third kappa shape index (κ3) is 4.86. The number of nitrogens with one attached hydrogen (secondary N) is 1. The number of hydrogen-bond donors (Lipinski definition) is 2. The second kappa shape index (κ2) is 9.49. The fraction of sp³-hybridized carbons (Fsp3) is 0.440. The molecule has 0 spiro atoms. The molecule has 8 heteroatoms. The van der Waals surface area contributed by atoms with Crippen LogP contribution in [0, 0.1) is 5.82 Å². The van der Waals surface area contributed by atoms with E-state index >= 15 is 0 Å². The number of para-hydroxylation sites is 1. The Hall–Kier alpha value is -2.97. The summed E-state index contributed by atoms with van der Waals surface area (Å²) in [5.41, 5.74) is -1.20.